The molecule has 0 amide bonds. The minimum atomic E-state index is -3.04. The molecule has 8 heteroatoms. The fourth-order valence-corrected chi connectivity index (χ4v) is 4.17. The molecule has 1 aromatic heterocycles. The molecule has 1 aliphatic heterocycles. The van der Waals surface area contributed by atoms with Gasteiger partial charge >= 0.3 is 5.97 Å². The molecular weight excluding hydrogens is 287 g/mol. The number of hydrogen-bond acceptors (Lipinski definition) is 4. The van der Waals surface area contributed by atoms with Gasteiger partial charge in [0.15, 0.2) is 9.84 Å². The normalized spacial score (nSPS) is 21.4. The molecular formula is C12H11FN2O4S. The number of aromatic carboxylic acids is 1. The third-order valence-corrected chi connectivity index (χ3v) is 5.21. The number of halogens is 1. The van der Waals surface area contributed by atoms with Gasteiger partial charge in [-0.3, -0.25) is 0 Å². The molecule has 1 unspecified atom stereocenters. The van der Waals surface area contributed by atoms with Gasteiger partial charge in [0.25, 0.3) is 0 Å². The Bertz CT molecular complexity index is 812. The van der Waals surface area contributed by atoms with Crippen molar-refractivity contribution in [1.82, 2.24) is 9.97 Å². The van der Waals surface area contributed by atoms with E-state index in [1.807, 2.05) is 0 Å². The van der Waals surface area contributed by atoms with E-state index in [9.17, 15) is 17.6 Å². The topological polar surface area (TPSA) is 100 Å². The van der Waals surface area contributed by atoms with Gasteiger partial charge in [0.1, 0.15) is 11.6 Å². The first-order valence-electron chi connectivity index (χ1n) is 5.98. The van der Waals surface area contributed by atoms with Gasteiger partial charge in [-0.15, -0.1) is 0 Å². The van der Waals surface area contributed by atoms with Crippen molar-refractivity contribution < 1.29 is 22.7 Å². The number of fused-ring (bicyclic) bond motifs is 1. The van der Waals surface area contributed by atoms with Gasteiger partial charge in [-0.2, -0.15) is 0 Å². The maximum Gasteiger partial charge on any atom is 0.338 e. The number of imidazole rings is 1. The highest BCUT2D eigenvalue weighted by molar-refractivity contribution is 7.91. The van der Waals surface area contributed by atoms with Crippen LogP contribution in [0.3, 0.4) is 0 Å². The Balaban J connectivity index is 2.05. The predicted molar refractivity (Wildman–Crippen MR) is 69.0 cm³/mol. The van der Waals surface area contributed by atoms with Crippen molar-refractivity contribution in [3.63, 3.8) is 0 Å². The van der Waals surface area contributed by atoms with E-state index in [-0.39, 0.29) is 17.4 Å². The zero-order valence-corrected chi connectivity index (χ0v) is 11.1. The summed E-state index contributed by atoms with van der Waals surface area (Å²) in [6.45, 7) is 0. The van der Waals surface area contributed by atoms with Crippen LogP contribution in [0.25, 0.3) is 11.0 Å². The van der Waals surface area contributed by atoms with Gasteiger partial charge in [0.2, 0.25) is 0 Å². The molecule has 6 nitrogen and oxygen atoms in total. The Morgan fingerprint density at radius 2 is 2.20 bits per heavy atom. The molecule has 2 N–H and O–H groups in total. The number of sulfone groups is 1. The highest BCUT2D eigenvalue weighted by atomic mass is 32.2. The average Bonchev–Trinajstić information content (AvgIpc) is 2.90. The first-order valence-corrected chi connectivity index (χ1v) is 7.81. The highest BCUT2D eigenvalue weighted by Crippen LogP contribution is 2.29. The molecule has 0 aliphatic carbocycles. The number of aromatic nitrogens is 2. The number of rotatable bonds is 2. The molecule has 1 aliphatic rings. The van der Waals surface area contributed by atoms with Crippen LogP contribution >= 0.6 is 0 Å². The van der Waals surface area contributed by atoms with Crippen molar-refractivity contribution in [2.75, 3.05) is 11.5 Å². The number of hydrogen-bond donors (Lipinski definition) is 2. The summed E-state index contributed by atoms with van der Waals surface area (Å²) in [5, 5.41) is 8.85. The van der Waals surface area contributed by atoms with E-state index in [1.54, 1.807) is 0 Å². The summed E-state index contributed by atoms with van der Waals surface area (Å²) in [6.07, 6.45) is 0.469. The average molecular weight is 298 g/mol. The van der Waals surface area contributed by atoms with Crippen LogP contribution in [-0.2, 0) is 9.84 Å². The maximum absolute atomic E-state index is 13.6. The molecule has 3 rings (SSSR count). The molecule has 1 saturated heterocycles. The molecule has 1 atom stereocenters. The van der Waals surface area contributed by atoms with Gasteiger partial charge in [-0.1, -0.05) is 0 Å². The van der Waals surface area contributed by atoms with E-state index in [0.29, 0.717) is 23.3 Å². The zero-order chi connectivity index (χ0) is 14.5. The van der Waals surface area contributed by atoms with E-state index < -0.39 is 27.2 Å². The van der Waals surface area contributed by atoms with Crippen molar-refractivity contribution in [3.8, 4) is 0 Å². The molecule has 1 aromatic carbocycles. The number of nitrogens with one attached hydrogen (secondary N) is 1. The lowest BCUT2D eigenvalue weighted by Gasteiger charge is -2.01. The van der Waals surface area contributed by atoms with Gasteiger partial charge in [-0.05, 0) is 12.5 Å². The van der Waals surface area contributed by atoms with Crippen LogP contribution in [0.15, 0.2) is 12.1 Å². The second-order valence-electron chi connectivity index (χ2n) is 4.88. The summed E-state index contributed by atoms with van der Waals surface area (Å²) < 4.78 is 36.5. The lowest BCUT2D eigenvalue weighted by molar-refractivity contribution is 0.0692. The number of aromatic amines is 1. The standard InChI is InChI=1S/C12H11FN2O4S/c13-8-4-10-9(3-7(8)12(16)17)14-11(15-10)6-1-2-20(18,19)5-6/h3-4,6H,1-2,5H2,(H,14,15)(H,16,17). The lowest BCUT2D eigenvalue weighted by Crippen LogP contribution is -2.04. The SMILES string of the molecule is O=C(O)c1cc2nc(C3CCS(=O)(=O)C3)[nH]c2cc1F. The number of H-pyrrole nitrogens is 1. The largest absolute Gasteiger partial charge is 0.478 e. The van der Waals surface area contributed by atoms with Crippen molar-refractivity contribution in [2.24, 2.45) is 0 Å². The van der Waals surface area contributed by atoms with E-state index >= 15 is 0 Å². The van der Waals surface area contributed by atoms with Gasteiger partial charge in [0.05, 0.1) is 28.1 Å². The summed E-state index contributed by atoms with van der Waals surface area (Å²) in [6, 6.07) is 2.22. The fourth-order valence-electron chi connectivity index (χ4n) is 2.42. The number of carboxylic acids is 1. The molecule has 2 heterocycles. The van der Waals surface area contributed by atoms with Crippen molar-refractivity contribution >= 4 is 26.8 Å². The second-order valence-corrected chi connectivity index (χ2v) is 7.11. The molecule has 0 radical (unpaired) electrons. The molecule has 106 valence electrons. The monoisotopic (exact) mass is 298 g/mol. The molecule has 1 fully saturated rings. The lowest BCUT2D eigenvalue weighted by atomic mass is 10.1. The predicted octanol–water partition coefficient (Wildman–Crippen LogP) is 1.30. The van der Waals surface area contributed by atoms with E-state index in [0.717, 1.165) is 12.1 Å². The highest BCUT2D eigenvalue weighted by Gasteiger charge is 2.31. The van der Waals surface area contributed by atoms with Crippen molar-refractivity contribution in [2.45, 2.75) is 12.3 Å². The second kappa shape index (κ2) is 4.27. The minimum Gasteiger partial charge on any atom is -0.478 e. The van der Waals surface area contributed by atoms with Crippen LogP contribution in [-0.4, -0.2) is 41.0 Å². The number of benzene rings is 1. The van der Waals surface area contributed by atoms with E-state index in [4.69, 9.17) is 5.11 Å². The first-order chi connectivity index (χ1) is 9.35. The number of nitrogens with zero attached hydrogens (tertiary/aromatic N) is 1. The summed E-state index contributed by atoms with van der Waals surface area (Å²) in [7, 11) is -3.04. The van der Waals surface area contributed by atoms with Crippen LogP contribution in [0.2, 0.25) is 0 Å². The fraction of sp³-hybridized carbons (Fsp3) is 0.333. The first kappa shape index (κ1) is 13.0. The van der Waals surface area contributed by atoms with Crippen LogP contribution < -0.4 is 0 Å². The third-order valence-electron chi connectivity index (χ3n) is 3.44. The Hall–Kier alpha value is -1.96. The third kappa shape index (κ3) is 2.15. The van der Waals surface area contributed by atoms with Crippen LogP contribution in [0.5, 0.6) is 0 Å². The van der Waals surface area contributed by atoms with Crippen LogP contribution in [0.4, 0.5) is 4.39 Å². The van der Waals surface area contributed by atoms with Gasteiger partial charge in [-0.25, -0.2) is 22.6 Å². The van der Waals surface area contributed by atoms with Crippen LogP contribution in [0, 0.1) is 5.82 Å². The molecule has 0 saturated carbocycles. The maximum atomic E-state index is 13.6. The van der Waals surface area contributed by atoms with Gasteiger partial charge in [0, 0.05) is 12.0 Å². The zero-order valence-electron chi connectivity index (χ0n) is 10.3. The molecule has 20 heavy (non-hydrogen) atoms. The Labute approximate surface area is 113 Å². The Kier molecular flexibility index (Phi) is 2.79. The van der Waals surface area contributed by atoms with Crippen molar-refractivity contribution in [1.29, 1.82) is 0 Å². The summed E-state index contributed by atoms with van der Waals surface area (Å²) in [5.41, 5.74) is 0.240. The van der Waals surface area contributed by atoms with Gasteiger partial charge < -0.3 is 10.1 Å². The van der Waals surface area contributed by atoms with E-state index in [1.165, 1.54) is 0 Å². The Morgan fingerprint density at radius 1 is 1.45 bits per heavy atom. The molecule has 0 spiro atoms. The summed E-state index contributed by atoms with van der Waals surface area (Å²) in [4.78, 5) is 17.9. The minimum absolute atomic E-state index is 0.0150. The summed E-state index contributed by atoms with van der Waals surface area (Å²) in [5.74, 6) is -1.87. The smallest absolute Gasteiger partial charge is 0.338 e. The molecule has 2 aromatic rings. The summed E-state index contributed by atoms with van der Waals surface area (Å²) >= 11 is 0. The van der Waals surface area contributed by atoms with Crippen LogP contribution in [0.1, 0.15) is 28.5 Å². The van der Waals surface area contributed by atoms with E-state index in [2.05, 4.69) is 9.97 Å². The van der Waals surface area contributed by atoms with Crippen molar-refractivity contribution in [3.05, 3.63) is 29.3 Å². The number of carboxylic acid groups (broad SMARTS) is 1. The molecule has 0 bridgehead atoms. The Morgan fingerprint density at radius 3 is 2.80 bits per heavy atom. The number of carbonyl (C=O) groups is 1. The quantitative estimate of drug-likeness (QED) is 0.870.